The molecule has 0 aromatic heterocycles. The maximum absolute atomic E-state index is 12.3. The quantitative estimate of drug-likeness (QED) is 0.794. The molecule has 0 radical (unpaired) electrons. The molecular weight excluding hydrogens is 264 g/mol. The summed E-state index contributed by atoms with van der Waals surface area (Å²) in [5, 5.41) is 0. The SMILES string of the molecule is CCC(C(=O)C(C)(C)C)c1ccc(Br)cc1. The van der Waals surface area contributed by atoms with Crippen molar-refractivity contribution >= 4 is 21.7 Å². The van der Waals surface area contributed by atoms with Gasteiger partial charge in [-0.1, -0.05) is 55.8 Å². The van der Waals surface area contributed by atoms with E-state index in [2.05, 4.69) is 22.9 Å². The van der Waals surface area contributed by atoms with Crippen LogP contribution in [0.15, 0.2) is 28.7 Å². The van der Waals surface area contributed by atoms with Gasteiger partial charge in [0.25, 0.3) is 0 Å². The minimum absolute atomic E-state index is 0.0214. The summed E-state index contributed by atoms with van der Waals surface area (Å²) in [6.07, 6.45) is 0.859. The molecule has 1 nitrogen and oxygen atoms in total. The number of rotatable bonds is 3. The molecule has 0 spiro atoms. The molecule has 16 heavy (non-hydrogen) atoms. The summed E-state index contributed by atoms with van der Waals surface area (Å²) in [4.78, 5) is 12.3. The Bertz CT molecular complexity index is 359. The van der Waals surface area contributed by atoms with Crippen molar-refractivity contribution < 1.29 is 4.79 Å². The van der Waals surface area contributed by atoms with Gasteiger partial charge >= 0.3 is 0 Å². The fourth-order valence-corrected chi connectivity index (χ4v) is 2.05. The molecule has 1 atom stereocenters. The van der Waals surface area contributed by atoms with Crippen LogP contribution in [0.25, 0.3) is 0 Å². The van der Waals surface area contributed by atoms with Crippen molar-refractivity contribution in [1.29, 1.82) is 0 Å². The van der Waals surface area contributed by atoms with Gasteiger partial charge in [-0.25, -0.2) is 0 Å². The van der Waals surface area contributed by atoms with Crippen LogP contribution in [0.3, 0.4) is 0 Å². The maximum Gasteiger partial charge on any atom is 0.145 e. The molecule has 0 amide bonds. The van der Waals surface area contributed by atoms with E-state index in [0.717, 1.165) is 16.5 Å². The van der Waals surface area contributed by atoms with E-state index in [4.69, 9.17) is 0 Å². The summed E-state index contributed by atoms with van der Waals surface area (Å²) in [6.45, 7) is 8.01. The molecule has 0 fully saturated rings. The van der Waals surface area contributed by atoms with E-state index in [-0.39, 0.29) is 11.3 Å². The minimum atomic E-state index is -0.270. The lowest BCUT2D eigenvalue weighted by molar-refractivity contribution is -0.127. The Hall–Kier alpha value is -0.630. The molecule has 1 aromatic carbocycles. The predicted octanol–water partition coefficient (Wildman–Crippen LogP) is 4.56. The monoisotopic (exact) mass is 282 g/mol. The van der Waals surface area contributed by atoms with Gasteiger partial charge < -0.3 is 0 Å². The smallest absolute Gasteiger partial charge is 0.145 e. The molecule has 1 unspecified atom stereocenters. The van der Waals surface area contributed by atoms with Crippen molar-refractivity contribution in [2.45, 2.75) is 40.0 Å². The van der Waals surface area contributed by atoms with Crippen molar-refractivity contribution in [3.05, 3.63) is 34.3 Å². The van der Waals surface area contributed by atoms with Gasteiger partial charge in [0, 0.05) is 15.8 Å². The van der Waals surface area contributed by atoms with Crippen LogP contribution < -0.4 is 0 Å². The van der Waals surface area contributed by atoms with E-state index in [0.29, 0.717) is 5.78 Å². The second-order valence-corrected chi connectivity index (χ2v) is 6.04. The Kier molecular flexibility index (Phi) is 4.31. The normalized spacial score (nSPS) is 13.6. The maximum atomic E-state index is 12.3. The molecule has 2 heteroatoms. The first kappa shape index (κ1) is 13.4. The second kappa shape index (κ2) is 5.13. The number of hydrogen-bond acceptors (Lipinski definition) is 1. The summed E-state index contributed by atoms with van der Waals surface area (Å²) < 4.78 is 1.05. The molecule has 1 aromatic rings. The molecule has 0 saturated heterocycles. The molecule has 0 aliphatic heterocycles. The molecule has 0 N–H and O–H groups in total. The average Bonchev–Trinajstić information content (AvgIpc) is 2.20. The van der Waals surface area contributed by atoms with Crippen LogP contribution in [0.5, 0.6) is 0 Å². The minimum Gasteiger partial charge on any atom is -0.298 e. The summed E-state index contributed by atoms with van der Waals surface area (Å²) in [5.74, 6) is 0.338. The van der Waals surface area contributed by atoms with Crippen molar-refractivity contribution in [2.24, 2.45) is 5.41 Å². The highest BCUT2D eigenvalue weighted by atomic mass is 79.9. The summed E-state index contributed by atoms with van der Waals surface area (Å²) in [5.41, 5.74) is 0.846. The first-order valence-electron chi connectivity index (χ1n) is 5.66. The summed E-state index contributed by atoms with van der Waals surface area (Å²) in [6, 6.07) is 8.05. The van der Waals surface area contributed by atoms with Gasteiger partial charge in [-0.3, -0.25) is 4.79 Å². The van der Waals surface area contributed by atoms with Crippen molar-refractivity contribution in [3.8, 4) is 0 Å². The Labute approximate surface area is 106 Å². The van der Waals surface area contributed by atoms with Crippen molar-refractivity contribution in [2.75, 3.05) is 0 Å². The second-order valence-electron chi connectivity index (χ2n) is 5.13. The van der Waals surface area contributed by atoms with Gasteiger partial charge in [-0.05, 0) is 24.1 Å². The lowest BCUT2D eigenvalue weighted by atomic mass is 9.79. The molecule has 0 heterocycles. The van der Waals surface area contributed by atoms with E-state index in [1.165, 1.54) is 0 Å². The Morgan fingerprint density at radius 3 is 2.12 bits per heavy atom. The van der Waals surface area contributed by atoms with Crippen molar-refractivity contribution in [3.63, 3.8) is 0 Å². The standard InChI is InChI=1S/C14H19BrO/c1-5-12(13(16)14(2,3)4)10-6-8-11(15)9-7-10/h6-9,12H,5H2,1-4H3. The van der Waals surface area contributed by atoms with Crippen molar-refractivity contribution in [1.82, 2.24) is 0 Å². The van der Waals surface area contributed by atoms with Gasteiger partial charge in [-0.2, -0.15) is 0 Å². The third-order valence-corrected chi connectivity index (χ3v) is 3.26. The highest BCUT2D eigenvalue weighted by molar-refractivity contribution is 9.10. The first-order valence-corrected chi connectivity index (χ1v) is 6.45. The predicted molar refractivity (Wildman–Crippen MR) is 71.6 cm³/mol. The summed E-state index contributed by atoms with van der Waals surface area (Å²) >= 11 is 3.41. The average molecular weight is 283 g/mol. The Morgan fingerprint density at radius 2 is 1.75 bits per heavy atom. The first-order chi connectivity index (χ1) is 7.36. The zero-order valence-corrected chi connectivity index (χ0v) is 12.0. The van der Waals surface area contributed by atoms with Gasteiger partial charge in [0.05, 0.1) is 0 Å². The largest absolute Gasteiger partial charge is 0.298 e. The fraction of sp³-hybridized carbons (Fsp3) is 0.500. The number of carbonyl (C=O) groups excluding carboxylic acids is 1. The fourth-order valence-electron chi connectivity index (χ4n) is 1.79. The molecule has 0 aliphatic carbocycles. The van der Waals surface area contributed by atoms with Gasteiger partial charge in [0.15, 0.2) is 0 Å². The number of Topliss-reactive ketones (excluding diaryl/α,β-unsaturated/α-hetero) is 1. The van der Waals surface area contributed by atoms with Crippen LogP contribution in [0.4, 0.5) is 0 Å². The molecule has 0 aliphatic rings. The number of hydrogen-bond donors (Lipinski definition) is 0. The molecule has 88 valence electrons. The van der Waals surface area contributed by atoms with Crippen LogP contribution >= 0.6 is 15.9 Å². The topological polar surface area (TPSA) is 17.1 Å². The number of benzene rings is 1. The van der Waals surface area contributed by atoms with Crippen LogP contribution in [0, 0.1) is 5.41 Å². The number of halogens is 1. The number of carbonyl (C=O) groups is 1. The highest BCUT2D eigenvalue weighted by Crippen LogP contribution is 2.30. The van der Waals surface area contributed by atoms with Gasteiger partial charge in [-0.15, -0.1) is 0 Å². The van der Waals surface area contributed by atoms with E-state index in [1.807, 2.05) is 45.0 Å². The van der Waals surface area contributed by atoms with Crippen LogP contribution in [0.2, 0.25) is 0 Å². The van der Waals surface area contributed by atoms with Gasteiger partial charge in [0.2, 0.25) is 0 Å². The third-order valence-electron chi connectivity index (χ3n) is 2.74. The third kappa shape index (κ3) is 3.18. The zero-order valence-electron chi connectivity index (χ0n) is 10.4. The molecule has 0 bridgehead atoms. The molecule has 0 saturated carbocycles. The molecule has 1 rings (SSSR count). The van der Waals surface area contributed by atoms with E-state index >= 15 is 0 Å². The van der Waals surface area contributed by atoms with E-state index in [1.54, 1.807) is 0 Å². The molecular formula is C14H19BrO. The van der Waals surface area contributed by atoms with Crippen LogP contribution in [0.1, 0.15) is 45.6 Å². The highest BCUT2D eigenvalue weighted by Gasteiger charge is 2.29. The summed E-state index contributed by atoms with van der Waals surface area (Å²) in [7, 11) is 0. The van der Waals surface area contributed by atoms with E-state index in [9.17, 15) is 4.79 Å². The Morgan fingerprint density at radius 1 is 1.25 bits per heavy atom. The van der Waals surface area contributed by atoms with Crippen LogP contribution in [-0.4, -0.2) is 5.78 Å². The lowest BCUT2D eigenvalue weighted by Gasteiger charge is -2.24. The lowest BCUT2D eigenvalue weighted by Crippen LogP contribution is -2.26. The van der Waals surface area contributed by atoms with Gasteiger partial charge in [0.1, 0.15) is 5.78 Å². The number of ketones is 1. The van der Waals surface area contributed by atoms with Crippen LogP contribution in [-0.2, 0) is 4.79 Å². The zero-order chi connectivity index (χ0) is 12.3. The Balaban J connectivity index is 2.99. The van der Waals surface area contributed by atoms with E-state index < -0.39 is 0 Å².